The average Bonchev–Trinajstić information content (AvgIpc) is 3.10. The summed E-state index contributed by atoms with van der Waals surface area (Å²) in [6.45, 7) is 1.10. The minimum Gasteiger partial charge on any atom is -0.379 e. The molecular weight excluding hydrogens is 308 g/mol. The number of benzene rings is 2. The van der Waals surface area contributed by atoms with Crippen molar-refractivity contribution in [3.63, 3.8) is 0 Å². The summed E-state index contributed by atoms with van der Waals surface area (Å²) >= 11 is 0. The third-order valence-electron chi connectivity index (χ3n) is 4.10. The summed E-state index contributed by atoms with van der Waals surface area (Å²) in [6.07, 6.45) is 0.750. The number of rotatable bonds is 5. The van der Waals surface area contributed by atoms with Crippen LogP contribution in [0.5, 0.6) is 0 Å². The SMILES string of the molecule is O=C(Cc1ccccc1[N+](=O)[O-])N(c1ccccc1)[C@H]1CCOC1. The van der Waals surface area contributed by atoms with E-state index >= 15 is 0 Å². The van der Waals surface area contributed by atoms with E-state index < -0.39 is 4.92 Å². The number of carbonyl (C=O) groups is 1. The van der Waals surface area contributed by atoms with Gasteiger partial charge in [-0.1, -0.05) is 36.4 Å². The molecule has 0 radical (unpaired) electrons. The van der Waals surface area contributed by atoms with Crippen LogP contribution in [0.2, 0.25) is 0 Å². The lowest BCUT2D eigenvalue weighted by atomic mass is 10.1. The summed E-state index contributed by atoms with van der Waals surface area (Å²) in [5, 5.41) is 11.2. The summed E-state index contributed by atoms with van der Waals surface area (Å²) in [6, 6.07) is 15.7. The second-order valence-electron chi connectivity index (χ2n) is 5.68. The molecule has 0 N–H and O–H groups in total. The fourth-order valence-corrected chi connectivity index (χ4v) is 2.96. The van der Waals surface area contributed by atoms with Crippen LogP contribution in [-0.2, 0) is 16.0 Å². The lowest BCUT2D eigenvalue weighted by Crippen LogP contribution is -2.41. The summed E-state index contributed by atoms with van der Waals surface area (Å²) in [4.78, 5) is 25.3. The molecule has 1 fully saturated rings. The van der Waals surface area contributed by atoms with Crippen LogP contribution in [0.15, 0.2) is 54.6 Å². The highest BCUT2D eigenvalue weighted by Gasteiger charge is 2.29. The van der Waals surface area contributed by atoms with Gasteiger partial charge in [-0.15, -0.1) is 0 Å². The van der Waals surface area contributed by atoms with Gasteiger partial charge in [-0.25, -0.2) is 0 Å². The number of nitro benzene ring substituents is 1. The van der Waals surface area contributed by atoms with Crippen LogP contribution in [0.4, 0.5) is 11.4 Å². The van der Waals surface area contributed by atoms with E-state index in [-0.39, 0.29) is 24.1 Å². The number of nitrogens with zero attached hydrogens (tertiary/aromatic N) is 2. The van der Waals surface area contributed by atoms with Crippen LogP contribution < -0.4 is 4.90 Å². The van der Waals surface area contributed by atoms with Gasteiger partial charge >= 0.3 is 0 Å². The van der Waals surface area contributed by atoms with Crippen LogP contribution in [0.25, 0.3) is 0 Å². The molecule has 1 atom stereocenters. The Morgan fingerprint density at radius 3 is 2.54 bits per heavy atom. The molecule has 1 amide bonds. The van der Waals surface area contributed by atoms with Crippen molar-refractivity contribution in [2.24, 2.45) is 0 Å². The molecule has 0 bridgehead atoms. The fourth-order valence-electron chi connectivity index (χ4n) is 2.96. The Kier molecular flexibility index (Phi) is 4.86. The molecule has 3 rings (SSSR count). The molecule has 0 saturated carbocycles. The van der Waals surface area contributed by atoms with E-state index in [9.17, 15) is 14.9 Å². The first kappa shape index (κ1) is 16.1. The number of nitro groups is 1. The quantitative estimate of drug-likeness (QED) is 0.625. The zero-order valence-electron chi connectivity index (χ0n) is 13.1. The van der Waals surface area contributed by atoms with Gasteiger partial charge in [0.25, 0.3) is 5.69 Å². The Labute approximate surface area is 139 Å². The first-order chi connectivity index (χ1) is 11.7. The molecule has 2 aromatic rings. The molecule has 24 heavy (non-hydrogen) atoms. The maximum absolute atomic E-state index is 12.9. The molecule has 0 aliphatic carbocycles. The van der Waals surface area contributed by atoms with E-state index in [1.807, 2.05) is 30.3 Å². The predicted octanol–water partition coefficient (Wildman–Crippen LogP) is 2.96. The summed E-state index contributed by atoms with van der Waals surface area (Å²) in [5.74, 6) is -0.161. The van der Waals surface area contributed by atoms with Gasteiger partial charge in [-0.3, -0.25) is 14.9 Å². The summed E-state index contributed by atoms with van der Waals surface area (Å²) in [7, 11) is 0. The van der Waals surface area contributed by atoms with E-state index in [0.717, 1.165) is 12.1 Å². The second-order valence-corrected chi connectivity index (χ2v) is 5.68. The minimum absolute atomic E-state index is 0.0114. The Balaban J connectivity index is 1.88. The first-order valence-corrected chi connectivity index (χ1v) is 7.84. The van der Waals surface area contributed by atoms with Gasteiger partial charge in [-0.2, -0.15) is 0 Å². The summed E-state index contributed by atoms with van der Waals surface area (Å²) in [5.41, 5.74) is 1.19. The third-order valence-corrected chi connectivity index (χ3v) is 4.10. The van der Waals surface area contributed by atoms with E-state index in [0.29, 0.717) is 18.8 Å². The van der Waals surface area contributed by atoms with Crippen molar-refractivity contribution in [1.29, 1.82) is 0 Å². The monoisotopic (exact) mass is 326 g/mol. The number of amides is 1. The second kappa shape index (κ2) is 7.23. The molecule has 1 saturated heterocycles. The number of hydrogen-bond donors (Lipinski definition) is 0. The predicted molar refractivity (Wildman–Crippen MR) is 90.0 cm³/mol. The van der Waals surface area contributed by atoms with Crippen molar-refractivity contribution in [2.75, 3.05) is 18.1 Å². The lowest BCUT2D eigenvalue weighted by molar-refractivity contribution is -0.385. The van der Waals surface area contributed by atoms with E-state index in [1.54, 1.807) is 23.1 Å². The highest BCUT2D eigenvalue weighted by molar-refractivity contribution is 5.95. The minimum atomic E-state index is -0.450. The zero-order valence-corrected chi connectivity index (χ0v) is 13.1. The van der Waals surface area contributed by atoms with E-state index in [2.05, 4.69) is 0 Å². The first-order valence-electron chi connectivity index (χ1n) is 7.84. The number of para-hydroxylation sites is 2. The molecule has 1 aliphatic rings. The van der Waals surface area contributed by atoms with Crippen LogP contribution in [-0.4, -0.2) is 30.1 Å². The molecule has 124 valence electrons. The molecular formula is C18H18N2O4. The Bertz CT molecular complexity index is 727. The fraction of sp³-hybridized carbons (Fsp3) is 0.278. The molecule has 6 heteroatoms. The van der Waals surface area contributed by atoms with Crippen molar-refractivity contribution >= 4 is 17.3 Å². The van der Waals surface area contributed by atoms with Crippen molar-refractivity contribution in [1.82, 2.24) is 0 Å². The smallest absolute Gasteiger partial charge is 0.273 e. The lowest BCUT2D eigenvalue weighted by Gasteiger charge is -2.28. The standard InChI is InChI=1S/C18H18N2O4/c21-18(12-14-6-4-5-9-17(14)20(22)23)19(16-10-11-24-13-16)15-7-2-1-3-8-15/h1-9,16H,10-13H2/t16-/m0/s1. The highest BCUT2D eigenvalue weighted by Crippen LogP contribution is 2.25. The van der Waals surface area contributed by atoms with Crippen molar-refractivity contribution < 1.29 is 14.5 Å². The molecule has 0 unspecified atom stereocenters. The number of carbonyl (C=O) groups excluding carboxylic acids is 1. The van der Waals surface area contributed by atoms with Gasteiger partial charge < -0.3 is 9.64 Å². The van der Waals surface area contributed by atoms with Gasteiger partial charge in [0.1, 0.15) is 0 Å². The normalized spacial score (nSPS) is 16.8. The van der Waals surface area contributed by atoms with Gasteiger partial charge in [0.2, 0.25) is 5.91 Å². The average molecular weight is 326 g/mol. The zero-order chi connectivity index (χ0) is 16.9. The van der Waals surface area contributed by atoms with E-state index in [4.69, 9.17) is 4.74 Å². The molecule has 0 spiro atoms. The van der Waals surface area contributed by atoms with Crippen LogP contribution in [0, 0.1) is 10.1 Å². The highest BCUT2D eigenvalue weighted by atomic mass is 16.6. The molecule has 1 aliphatic heterocycles. The van der Waals surface area contributed by atoms with E-state index in [1.165, 1.54) is 6.07 Å². The number of hydrogen-bond acceptors (Lipinski definition) is 4. The molecule has 1 heterocycles. The topological polar surface area (TPSA) is 72.7 Å². The van der Waals surface area contributed by atoms with Crippen LogP contribution >= 0.6 is 0 Å². The Morgan fingerprint density at radius 1 is 1.17 bits per heavy atom. The van der Waals surface area contributed by atoms with Gasteiger partial charge in [0.05, 0.1) is 24.0 Å². The van der Waals surface area contributed by atoms with Crippen LogP contribution in [0.1, 0.15) is 12.0 Å². The Morgan fingerprint density at radius 2 is 1.88 bits per heavy atom. The molecule has 6 nitrogen and oxygen atoms in total. The van der Waals surface area contributed by atoms with Crippen molar-refractivity contribution in [3.05, 3.63) is 70.3 Å². The largest absolute Gasteiger partial charge is 0.379 e. The maximum Gasteiger partial charge on any atom is 0.273 e. The van der Waals surface area contributed by atoms with Gasteiger partial charge in [0, 0.05) is 23.9 Å². The number of ether oxygens (including phenoxy) is 1. The molecule has 0 aromatic heterocycles. The van der Waals surface area contributed by atoms with Crippen LogP contribution in [0.3, 0.4) is 0 Å². The Hall–Kier alpha value is -2.73. The molecule has 2 aromatic carbocycles. The number of anilines is 1. The maximum atomic E-state index is 12.9. The van der Waals surface area contributed by atoms with Crippen molar-refractivity contribution in [2.45, 2.75) is 18.9 Å². The van der Waals surface area contributed by atoms with Crippen molar-refractivity contribution in [3.8, 4) is 0 Å². The van der Waals surface area contributed by atoms with Gasteiger partial charge in [-0.05, 0) is 18.6 Å². The summed E-state index contributed by atoms with van der Waals surface area (Å²) < 4.78 is 5.42. The van der Waals surface area contributed by atoms with Gasteiger partial charge in [0.15, 0.2) is 0 Å². The third kappa shape index (κ3) is 3.44.